The van der Waals surface area contributed by atoms with Crippen LogP contribution in [0.25, 0.3) is 16.8 Å². The third-order valence-electron chi connectivity index (χ3n) is 5.83. The summed E-state index contributed by atoms with van der Waals surface area (Å²) in [7, 11) is 2.03. The Hall–Kier alpha value is -3.84. The highest BCUT2D eigenvalue weighted by molar-refractivity contribution is 6.04. The van der Waals surface area contributed by atoms with Crippen molar-refractivity contribution in [3.63, 3.8) is 0 Å². The molecule has 7 heteroatoms. The Labute approximate surface area is 190 Å². The first kappa shape index (κ1) is 21.0. The molecule has 1 aromatic heterocycles. The highest BCUT2D eigenvalue weighted by Crippen LogP contribution is 2.35. The monoisotopic (exact) mass is 444 g/mol. The zero-order chi connectivity index (χ0) is 23.1. The lowest BCUT2D eigenvalue weighted by Crippen LogP contribution is -2.17. The van der Waals surface area contributed by atoms with Crippen LogP contribution < -0.4 is 5.32 Å². The molecule has 5 rings (SSSR count). The fraction of sp³-hybridized carbons (Fsp3) is 0.154. The van der Waals surface area contributed by atoms with Crippen LogP contribution in [0.2, 0.25) is 0 Å². The molecule has 2 heterocycles. The van der Waals surface area contributed by atoms with Crippen LogP contribution in [0.4, 0.5) is 14.5 Å². The van der Waals surface area contributed by atoms with Crippen LogP contribution in [0.5, 0.6) is 0 Å². The number of carbonyl (C=O) groups is 1. The Morgan fingerprint density at radius 3 is 2.45 bits per heavy atom. The Morgan fingerprint density at radius 1 is 0.970 bits per heavy atom. The van der Waals surface area contributed by atoms with E-state index >= 15 is 0 Å². The van der Waals surface area contributed by atoms with E-state index in [2.05, 4.69) is 33.4 Å². The van der Waals surface area contributed by atoms with Gasteiger partial charge in [-0.1, -0.05) is 18.2 Å². The quantitative estimate of drug-likeness (QED) is 0.465. The van der Waals surface area contributed by atoms with Crippen molar-refractivity contribution in [1.29, 1.82) is 0 Å². The van der Waals surface area contributed by atoms with E-state index in [1.807, 2.05) is 36.9 Å². The number of halogens is 2. The second-order valence-electron chi connectivity index (χ2n) is 8.36. The summed E-state index contributed by atoms with van der Waals surface area (Å²) in [4.78, 5) is 19.1. The molecule has 4 aromatic rings. The van der Waals surface area contributed by atoms with Gasteiger partial charge in [-0.2, -0.15) is 0 Å². The first-order valence-corrected chi connectivity index (χ1v) is 10.6. The standard InChI is InChI=1S/C26H22F2N4O/c1-16-12-32(15-29-16)20-8-6-17-13-31(2)14-18-10-19(7-9-21(18)22(17)11-20)30-26(33)25-23(27)4-3-5-24(25)28/h3-12,15H,13-14H2,1-2H3,(H,30,33). The van der Waals surface area contributed by atoms with Crippen molar-refractivity contribution in [3.8, 4) is 16.8 Å². The molecule has 0 radical (unpaired) electrons. The van der Waals surface area contributed by atoms with Crippen molar-refractivity contribution in [2.45, 2.75) is 20.0 Å². The molecule has 166 valence electrons. The van der Waals surface area contributed by atoms with Crippen LogP contribution in [0, 0.1) is 18.6 Å². The lowest BCUT2D eigenvalue weighted by atomic mass is 9.95. The van der Waals surface area contributed by atoms with E-state index in [1.165, 1.54) is 11.6 Å². The van der Waals surface area contributed by atoms with Gasteiger partial charge in [-0.25, -0.2) is 13.8 Å². The second kappa shape index (κ2) is 8.26. The number of hydrogen-bond donors (Lipinski definition) is 1. The summed E-state index contributed by atoms with van der Waals surface area (Å²) in [5.41, 5.74) is 6.23. The molecule has 0 saturated heterocycles. The molecule has 0 fully saturated rings. The number of imidazole rings is 1. The molecule has 0 spiro atoms. The van der Waals surface area contributed by atoms with Gasteiger partial charge in [0.15, 0.2) is 0 Å². The van der Waals surface area contributed by atoms with E-state index in [0.29, 0.717) is 12.2 Å². The molecule has 3 aromatic carbocycles. The normalized spacial score (nSPS) is 13.2. The molecular formula is C26H22F2N4O. The average Bonchev–Trinajstić information content (AvgIpc) is 3.14. The predicted molar refractivity (Wildman–Crippen MR) is 123 cm³/mol. The number of anilines is 1. The number of aromatic nitrogens is 2. The zero-order valence-electron chi connectivity index (χ0n) is 18.3. The zero-order valence-corrected chi connectivity index (χ0v) is 18.3. The van der Waals surface area contributed by atoms with Crippen molar-refractivity contribution in [2.75, 3.05) is 12.4 Å². The maximum absolute atomic E-state index is 14.0. The number of benzene rings is 3. The fourth-order valence-corrected chi connectivity index (χ4v) is 4.29. The molecular weight excluding hydrogens is 422 g/mol. The molecule has 0 unspecified atom stereocenters. The number of nitrogens with one attached hydrogen (secondary N) is 1. The van der Waals surface area contributed by atoms with Crippen LogP contribution in [0.1, 0.15) is 27.2 Å². The van der Waals surface area contributed by atoms with Gasteiger partial charge >= 0.3 is 0 Å². The minimum atomic E-state index is -0.891. The number of rotatable bonds is 3. The number of nitrogens with zero attached hydrogens (tertiary/aromatic N) is 3. The van der Waals surface area contributed by atoms with Crippen LogP contribution in [0.3, 0.4) is 0 Å². The van der Waals surface area contributed by atoms with Gasteiger partial charge in [0, 0.05) is 30.7 Å². The number of hydrogen-bond acceptors (Lipinski definition) is 3. The van der Waals surface area contributed by atoms with Crippen molar-refractivity contribution in [2.24, 2.45) is 0 Å². The largest absolute Gasteiger partial charge is 0.322 e. The lowest BCUT2D eigenvalue weighted by Gasteiger charge is -2.15. The molecule has 0 aliphatic carbocycles. The van der Waals surface area contributed by atoms with Crippen LogP contribution in [0.15, 0.2) is 67.1 Å². The van der Waals surface area contributed by atoms with Crippen molar-refractivity contribution < 1.29 is 13.6 Å². The topological polar surface area (TPSA) is 50.2 Å². The van der Waals surface area contributed by atoms with E-state index < -0.39 is 23.1 Å². The van der Waals surface area contributed by atoms with Crippen molar-refractivity contribution in [1.82, 2.24) is 14.5 Å². The van der Waals surface area contributed by atoms with Gasteiger partial charge in [0.05, 0.1) is 12.0 Å². The number of amides is 1. The Balaban J connectivity index is 1.52. The molecule has 0 bridgehead atoms. The summed E-state index contributed by atoms with van der Waals surface area (Å²) in [6.07, 6.45) is 3.77. The third-order valence-corrected chi connectivity index (χ3v) is 5.83. The van der Waals surface area contributed by atoms with E-state index in [0.717, 1.165) is 46.7 Å². The molecule has 0 atom stereocenters. The minimum absolute atomic E-state index is 0.486. The van der Waals surface area contributed by atoms with Crippen LogP contribution >= 0.6 is 0 Å². The van der Waals surface area contributed by atoms with Crippen molar-refractivity contribution in [3.05, 3.63) is 101 Å². The van der Waals surface area contributed by atoms with Crippen molar-refractivity contribution >= 4 is 11.6 Å². The molecule has 1 amide bonds. The van der Waals surface area contributed by atoms with E-state index in [-0.39, 0.29) is 0 Å². The van der Waals surface area contributed by atoms with Gasteiger partial charge in [0.25, 0.3) is 5.91 Å². The Morgan fingerprint density at radius 2 is 1.73 bits per heavy atom. The lowest BCUT2D eigenvalue weighted by molar-refractivity contribution is 0.101. The fourth-order valence-electron chi connectivity index (χ4n) is 4.29. The summed E-state index contributed by atoms with van der Waals surface area (Å²) in [5.74, 6) is -2.60. The molecule has 1 aliphatic heterocycles. The first-order valence-electron chi connectivity index (χ1n) is 10.6. The van der Waals surface area contributed by atoms with Gasteiger partial charge < -0.3 is 9.88 Å². The van der Waals surface area contributed by atoms with Gasteiger partial charge in [-0.3, -0.25) is 9.69 Å². The van der Waals surface area contributed by atoms with Gasteiger partial charge in [-0.05, 0) is 72.6 Å². The number of aryl methyl sites for hydroxylation is 1. The maximum atomic E-state index is 14.0. The summed E-state index contributed by atoms with van der Waals surface area (Å²) in [6, 6.07) is 15.3. The van der Waals surface area contributed by atoms with E-state index in [9.17, 15) is 13.6 Å². The molecule has 1 aliphatic rings. The van der Waals surface area contributed by atoms with Crippen LogP contribution in [-0.2, 0) is 13.1 Å². The second-order valence-corrected chi connectivity index (χ2v) is 8.36. The summed E-state index contributed by atoms with van der Waals surface area (Å²) in [5, 5.41) is 2.64. The van der Waals surface area contributed by atoms with Gasteiger partial charge in [0.2, 0.25) is 0 Å². The molecule has 5 nitrogen and oxygen atoms in total. The maximum Gasteiger partial charge on any atom is 0.261 e. The number of carbonyl (C=O) groups excluding carboxylic acids is 1. The summed E-state index contributed by atoms with van der Waals surface area (Å²) in [6.45, 7) is 3.39. The molecule has 33 heavy (non-hydrogen) atoms. The third kappa shape index (κ3) is 4.03. The highest BCUT2D eigenvalue weighted by Gasteiger charge is 2.21. The van der Waals surface area contributed by atoms with Gasteiger partial charge in [-0.15, -0.1) is 0 Å². The SMILES string of the molecule is Cc1cn(-c2ccc3c(c2)-c2ccc(NC(=O)c4c(F)cccc4F)cc2CN(C)C3)cn1. The Bertz CT molecular complexity index is 1360. The number of fused-ring (bicyclic) bond motifs is 3. The minimum Gasteiger partial charge on any atom is -0.322 e. The molecule has 1 N–H and O–H groups in total. The first-order chi connectivity index (χ1) is 15.9. The summed E-state index contributed by atoms with van der Waals surface area (Å²) < 4.78 is 30.0. The smallest absolute Gasteiger partial charge is 0.261 e. The average molecular weight is 444 g/mol. The molecule has 0 saturated carbocycles. The van der Waals surface area contributed by atoms with Crippen LogP contribution in [-0.4, -0.2) is 27.4 Å². The van der Waals surface area contributed by atoms with Gasteiger partial charge in [0.1, 0.15) is 17.2 Å². The predicted octanol–water partition coefficient (Wildman–Crippen LogP) is 5.32. The highest BCUT2D eigenvalue weighted by atomic mass is 19.1. The van der Waals surface area contributed by atoms with E-state index in [4.69, 9.17) is 0 Å². The summed E-state index contributed by atoms with van der Waals surface area (Å²) >= 11 is 0. The Kier molecular flexibility index (Phi) is 5.26. The van der Waals surface area contributed by atoms with E-state index in [1.54, 1.807) is 12.4 Å².